The van der Waals surface area contributed by atoms with Gasteiger partial charge in [0.05, 0.1) is 5.56 Å². The number of nitrogens with zero attached hydrogens (tertiary/aromatic N) is 2. The van der Waals surface area contributed by atoms with Crippen LogP contribution in [0.2, 0.25) is 0 Å². The molecule has 0 saturated carbocycles. The van der Waals surface area contributed by atoms with Gasteiger partial charge in [0, 0.05) is 43.8 Å². The van der Waals surface area contributed by atoms with Gasteiger partial charge in [0.1, 0.15) is 24.5 Å². The number of carbonyl (C=O) groups excluding carboxylic acids is 1. The van der Waals surface area contributed by atoms with Gasteiger partial charge in [-0.05, 0) is 54.8 Å². The number of benzene rings is 3. The van der Waals surface area contributed by atoms with E-state index in [1.165, 1.54) is 16.3 Å². The van der Waals surface area contributed by atoms with Gasteiger partial charge < -0.3 is 25.4 Å². The van der Waals surface area contributed by atoms with Crippen LogP contribution in [0.5, 0.6) is 5.75 Å². The summed E-state index contributed by atoms with van der Waals surface area (Å²) in [6.07, 6.45) is 0.0570. The van der Waals surface area contributed by atoms with Crippen molar-refractivity contribution in [3.63, 3.8) is 0 Å². The molecule has 0 spiro atoms. The maximum atomic E-state index is 12.7. The average molecular weight is 487 g/mol. The number of hydrogen-bond acceptors (Lipinski definition) is 6. The number of aliphatic hydroxyl groups excluding tert-OH is 1. The summed E-state index contributed by atoms with van der Waals surface area (Å²) in [7, 11) is 0. The number of carbonyl (C=O) groups is 1. The lowest BCUT2D eigenvalue weighted by molar-refractivity contribution is 0.0735. The van der Waals surface area contributed by atoms with Gasteiger partial charge in [0.25, 0.3) is 5.91 Å². The number of fused-ring (bicyclic) bond motifs is 1. The molecule has 1 atom stereocenters. The molecule has 0 aromatic heterocycles. The summed E-state index contributed by atoms with van der Waals surface area (Å²) >= 11 is 0. The van der Waals surface area contributed by atoms with E-state index in [0.29, 0.717) is 30.9 Å². The molecular weight excluding hydrogens is 452 g/mol. The number of piperazine rings is 1. The Kier molecular flexibility index (Phi) is 8.21. The normalized spacial score (nSPS) is 14.9. The van der Waals surface area contributed by atoms with Crippen molar-refractivity contribution >= 4 is 16.7 Å². The maximum absolute atomic E-state index is 12.7. The Balaban J connectivity index is 1.29. The summed E-state index contributed by atoms with van der Waals surface area (Å²) in [6, 6.07) is 21.8. The molecule has 4 rings (SSSR count). The Morgan fingerprint density at radius 3 is 2.64 bits per heavy atom. The lowest BCUT2D eigenvalue weighted by Crippen LogP contribution is -2.46. The molecule has 3 aromatic carbocycles. The van der Waals surface area contributed by atoms with Crippen LogP contribution in [0.15, 0.2) is 60.7 Å². The van der Waals surface area contributed by atoms with Gasteiger partial charge in [-0.2, -0.15) is 5.26 Å². The van der Waals surface area contributed by atoms with Gasteiger partial charge in [-0.25, -0.2) is 0 Å². The number of nitriles is 1. The highest BCUT2D eigenvalue weighted by atomic mass is 16.5. The molecule has 0 bridgehead atoms. The number of hydrogen-bond donors (Lipinski definition) is 3. The van der Waals surface area contributed by atoms with Crippen LogP contribution in [0.25, 0.3) is 10.8 Å². The summed E-state index contributed by atoms with van der Waals surface area (Å²) in [5.41, 5.74) is 1.75. The Bertz CT molecular complexity index is 1240. The third-order valence-corrected chi connectivity index (χ3v) is 6.46. The third-order valence-electron chi connectivity index (χ3n) is 6.46. The van der Waals surface area contributed by atoms with Crippen molar-refractivity contribution in [2.75, 3.05) is 39.3 Å². The summed E-state index contributed by atoms with van der Waals surface area (Å²) in [5.74, 6) is 0.279. The molecule has 1 fully saturated rings. The van der Waals surface area contributed by atoms with Crippen molar-refractivity contribution in [1.82, 2.24) is 15.5 Å². The quantitative estimate of drug-likeness (QED) is 0.430. The van der Waals surface area contributed by atoms with Gasteiger partial charge in [0.15, 0.2) is 0 Å². The number of rotatable bonds is 9. The molecule has 7 heteroatoms. The van der Waals surface area contributed by atoms with E-state index in [4.69, 9.17) is 4.74 Å². The topological polar surface area (TPSA) is 97.6 Å². The van der Waals surface area contributed by atoms with E-state index in [9.17, 15) is 15.2 Å². The first-order valence-electron chi connectivity index (χ1n) is 12.4. The molecule has 1 amide bonds. The summed E-state index contributed by atoms with van der Waals surface area (Å²) in [4.78, 5) is 14.5. The molecule has 1 saturated heterocycles. The molecule has 0 radical (unpaired) electrons. The molecule has 3 N–H and O–H groups in total. The van der Waals surface area contributed by atoms with Crippen LogP contribution >= 0.6 is 0 Å². The van der Waals surface area contributed by atoms with E-state index in [2.05, 4.69) is 60.9 Å². The van der Waals surface area contributed by atoms with E-state index < -0.39 is 6.10 Å². The van der Waals surface area contributed by atoms with Crippen molar-refractivity contribution in [3.05, 3.63) is 77.4 Å². The minimum absolute atomic E-state index is 0.0405. The van der Waals surface area contributed by atoms with Crippen LogP contribution in [0.4, 0.5) is 0 Å². The fourth-order valence-corrected chi connectivity index (χ4v) is 4.49. The van der Waals surface area contributed by atoms with E-state index in [-0.39, 0.29) is 23.6 Å². The number of β-amino-alcohol motifs (C(OH)–C–C–N with tert-alkyl or cyclic N) is 1. The number of aliphatic hydroxyl groups is 1. The monoisotopic (exact) mass is 486 g/mol. The van der Waals surface area contributed by atoms with Gasteiger partial charge >= 0.3 is 0 Å². The molecule has 188 valence electrons. The van der Waals surface area contributed by atoms with E-state index in [1.54, 1.807) is 23.1 Å². The predicted molar refractivity (Wildman–Crippen MR) is 141 cm³/mol. The zero-order chi connectivity index (χ0) is 25.5. The standard InChI is InChI=1S/C29H34N4O3/c1-29(2,17-21-7-8-22-5-3-4-6-23(22)15-21)32-19-26(34)20-36-27-10-9-24(16-25(27)18-30)28(35)33-13-11-31-12-14-33/h3-10,15-16,26,31-32,34H,11-14,17,19-20H2,1-2H3/t26-/m1/s1. The highest BCUT2D eigenvalue weighted by Crippen LogP contribution is 2.22. The molecule has 36 heavy (non-hydrogen) atoms. The van der Waals surface area contributed by atoms with Crippen LogP contribution in [-0.4, -0.2) is 66.9 Å². The van der Waals surface area contributed by atoms with E-state index in [0.717, 1.165) is 19.5 Å². The molecule has 7 nitrogen and oxygen atoms in total. The van der Waals surface area contributed by atoms with E-state index in [1.807, 2.05) is 12.1 Å². The Morgan fingerprint density at radius 2 is 1.89 bits per heavy atom. The second kappa shape index (κ2) is 11.5. The molecule has 3 aromatic rings. The SMILES string of the molecule is CC(C)(Cc1ccc2ccccc2c1)NC[C@@H](O)COc1ccc(C(=O)N2CCNCC2)cc1C#N. The first-order valence-corrected chi connectivity index (χ1v) is 12.4. The second-order valence-electron chi connectivity index (χ2n) is 9.95. The number of amides is 1. The number of nitrogens with one attached hydrogen (secondary N) is 2. The summed E-state index contributed by atoms with van der Waals surface area (Å²) in [5, 5.41) is 29.2. The minimum Gasteiger partial charge on any atom is -0.489 e. The fourth-order valence-electron chi connectivity index (χ4n) is 4.49. The van der Waals surface area contributed by atoms with Crippen molar-refractivity contribution < 1.29 is 14.6 Å². The largest absolute Gasteiger partial charge is 0.489 e. The van der Waals surface area contributed by atoms with Gasteiger partial charge in [-0.1, -0.05) is 42.5 Å². The Hall–Kier alpha value is -3.44. The third kappa shape index (κ3) is 6.61. The maximum Gasteiger partial charge on any atom is 0.253 e. The first-order chi connectivity index (χ1) is 17.3. The zero-order valence-corrected chi connectivity index (χ0v) is 21.0. The molecule has 1 aliphatic rings. The molecule has 1 heterocycles. The van der Waals surface area contributed by atoms with Gasteiger partial charge in [-0.3, -0.25) is 4.79 Å². The fraction of sp³-hybridized carbons (Fsp3) is 0.379. The Morgan fingerprint density at radius 1 is 1.14 bits per heavy atom. The average Bonchev–Trinajstić information content (AvgIpc) is 2.90. The smallest absolute Gasteiger partial charge is 0.253 e. The lowest BCUT2D eigenvalue weighted by Gasteiger charge is -2.28. The van der Waals surface area contributed by atoms with Crippen molar-refractivity contribution in [2.45, 2.75) is 31.9 Å². The van der Waals surface area contributed by atoms with Crippen LogP contribution in [-0.2, 0) is 6.42 Å². The minimum atomic E-state index is -0.755. The van der Waals surface area contributed by atoms with Crippen molar-refractivity contribution in [3.8, 4) is 11.8 Å². The van der Waals surface area contributed by atoms with E-state index >= 15 is 0 Å². The lowest BCUT2D eigenvalue weighted by atomic mass is 9.93. The molecule has 1 aliphatic heterocycles. The summed E-state index contributed by atoms with van der Waals surface area (Å²) < 4.78 is 5.75. The second-order valence-corrected chi connectivity index (χ2v) is 9.95. The first kappa shape index (κ1) is 25.6. The zero-order valence-electron chi connectivity index (χ0n) is 21.0. The predicted octanol–water partition coefficient (Wildman–Crippen LogP) is 3.11. The van der Waals surface area contributed by atoms with Crippen LogP contribution in [0.3, 0.4) is 0 Å². The van der Waals surface area contributed by atoms with Crippen molar-refractivity contribution in [2.24, 2.45) is 0 Å². The molecule has 0 unspecified atom stereocenters. The van der Waals surface area contributed by atoms with Crippen molar-refractivity contribution in [1.29, 1.82) is 5.26 Å². The summed E-state index contributed by atoms with van der Waals surface area (Å²) in [6.45, 7) is 7.44. The van der Waals surface area contributed by atoms with Crippen LogP contribution in [0.1, 0.15) is 35.3 Å². The molecule has 0 aliphatic carbocycles. The highest BCUT2D eigenvalue weighted by molar-refractivity contribution is 5.95. The van der Waals surface area contributed by atoms with Crippen LogP contribution in [0, 0.1) is 11.3 Å². The van der Waals surface area contributed by atoms with Crippen LogP contribution < -0.4 is 15.4 Å². The number of ether oxygens (including phenoxy) is 1. The molecular formula is C29H34N4O3. The van der Waals surface area contributed by atoms with Gasteiger partial charge in [-0.15, -0.1) is 0 Å². The highest BCUT2D eigenvalue weighted by Gasteiger charge is 2.21. The Labute approximate surface area is 212 Å². The van der Waals surface area contributed by atoms with Gasteiger partial charge in [0.2, 0.25) is 0 Å².